The molecule has 1 unspecified atom stereocenters. The molecule has 2 aromatic carbocycles. The highest BCUT2D eigenvalue weighted by molar-refractivity contribution is 7.89. The van der Waals surface area contributed by atoms with Crippen LogP contribution < -0.4 is 0 Å². The molecular formula is C20H19ClN2O2S. The lowest BCUT2D eigenvalue weighted by Crippen LogP contribution is -2.42. The highest BCUT2D eigenvalue weighted by atomic mass is 35.5. The smallest absolute Gasteiger partial charge is 0.244 e. The largest absolute Gasteiger partial charge is 0.348 e. The van der Waals surface area contributed by atoms with Gasteiger partial charge in [-0.05, 0) is 48.9 Å². The van der Waals surface area contributed by atoms with E-state index in [9.17, 15) is 8.42 Å². The van der Waals surface area contributed by atoms with E-state index in [0.717, 1.165) is 16.8 Å². The summed E-state index contributed by atoms with van der Waals surface area (Å²) in [5.41, 5.74) is 3.09. The van der Waals surface area contributed by atoms with Gasteiger partial charge >= 0.3 is 0 Å². The molecule has 0 saturated carbocycles. The Morgan fingerprint density at radius 1 is 0.962 bits per heavy atom. The molecule has 0 radical (unpaired) electrons. The molecule has 0 spiro atoms. The fourth-order valence-corrected chi connectivity index (χ4v) is 5.15. The number of aryl methyl sites for hydroxylation is 1. The van der Waals surface area contributed by atoms with Crippen molar-refractivity contribution < 1.29 is 8.42 Å². The summed E-state index contributed by atoms with van der Waals surface area (Å²) in [6.07, 6.45) is 2.00. The molecule has 1 aliphatic rings. The van der Waals surface area contributed by atoms with Crippen LogP contribution in [0, 0.1) is 6.92 Å². The van der Waals surface area contributed by atoms with E-state index < -0.39 is 10.0 Å². The monoisotopic (exact) mass is 386 g/mol. The minimum atomic E-state index is -3.65. The number of hydrogen-bond donors (Lipinski definition) is 0. The summed E-state index contributed by atoms with van der Waals surface area (Å²) in [5, 5.41) is 0.520. The lowest BCUT2D eigenvalue weighted by atomic mass is 10.0. The van der Waals surface area contributed by atoms with Gasteiger partial charge in [0, 0.05) is 30.0 Å². The molecule has 0 fully saturated rings. The molecule has 0 saturated heterocycles. The molecule has 4 rings (SSSR count). The quantitative estimate of drug-likeness (QED) is 0.675. The maximum absolute atomic E-state index is 13.4. The van der Waals surface area contributed by atoms with Crippen LogP contribution in [0.25, 0.3) is 0 Å². The van der Waals surface area contributed by atoms with Gasteiger partial charge in [0.1, 0.15) is 0 Å². The summed E-state index contributed by atoms with van der Waals surface area (Å²) in [6, 6.07) is 18.0. The predicted molar refractivity (Wildman–Crippen MR) is 103 cm³/mol. The van der Waals surface area contributed by atoms with Gasteiger partial charge in [-0.1, -0.05) is 41.4 Å². The molecule has 0 N–H and O–H groups in total. The minimum absolute atomic E-state index is 0.263. The van der Waals surface area contributed by atoms with Gasteiger partial charge in [0.25, 0.3) is 0 Å². The summed E-state index contributed by atoms with van der Waals surface area (Å²) in [5.74, 6) is 0. The average molecular weight is 387 g/mol. The van der Waals surface area contributed by atoms with E-state index in [1.54, 1.807) is 28.6 Å². The molecule has 1 aliphatic heterocycles. The zero-order valence-electron chi connectivity index (χ0n) is 14.3. The maximum atomic E-state index is 13.4. The number of fused-ring (bicyclic) bond motifs is 1. The summed E-state index contributed by atoms with van der Waals surface area (Å²) in [6.45, 7) is 3.08. The maximum Gasteiger partial charge on any atom is 0.244 e. The van der Waals surface area contributed by atoms with Gasteiger partial charge in [-0.2, -0.15) is 4.31 Å². The van der Waals surface area contributed by atoms with Crippen LogP contribution in [0.3, 0.4) is 0 Å². The van der Waals surface area contributed by atoms with Crippen molar-refractivity contribution in [3.8, 4) is 0 Å². The van der Waals surface area contributed by atoms with Gasteiger partial charge in [0.2, 0.25) is 10.0 Å². The summed E-state index contributed by atoms with van der Waals surface area (Å²) in [4.78, 5) is 0.263. The predicted octanol–water partition coefficient (Wildman–Crippen LogP) is 4.24. The van der Waals surface area contributed by atoms with Gasteiger partial charge < -0.3 is 4.57 Å². The van der Waals surface area contributed by atoms with Crippen molar-refractivity contribution in [1.29, 1.82) is 0 Å². The highest BCUT2D eigenvalue weighted by Crippen LogP contribution is 2.36. The number of sulfonamides is 1. The number of benzene rings is 2. The molecule has 2 heterocycles. The highest BCUT2D eigenvalue weighted by Gasteiger charge is 2.37. The second kappa shape index (κ2) is 6.58. The fourth-order valence-electron chi connectivity index (χ4n) is 3.45. The van der Waals surface area contributed by atoms with Crippen molar-refractivity contribution in [2.45, 2.75) is 24.4 Å². The van der Waals surface area contributed by atoms with Gasteiger partial charge in [0.05, 0.1) is 10.9 Å². The molecule has 26 heavy (non-hydrogen) atoms. The Morgan fingerprint density at radius 3 is 2.35 bits per heavy atom. The normalized spacial score (nSPS) is 17.8. The molecule has 0 amide bonds. The lowest BCUT2D eigenvalue weighted by Gasteiger charge is -2.36. The van der Waals surface area contributed by atoms with E-state index in [-0.39, 0.29) is 10.9 Å². The number of rotatable bonds is 3. The van der Waals surface area contributed by atoms with Crippen LogP contribution in [0.1, 0.15) is 22.9 Å². The second-order valence-electron chi connectivity index (χ2n) is 6.51. The molecule has 4 nitrogen and oxygen atoms in total. The van der Waals surface area contributed by atoms with Crippen molar-refractivity contribution in [3.05, 3.63) is 88.7 Å². The Hall–Kier alpha value is -2.08. The van der Waals surface area contributed by atoms with Gasteiger partial charge in [0.15, 0.2) is 0 Å². The van der Waals surface area contributed by atoms with Crippen LogP contribution in [0.5, 0.6) is 0 Å². The average Bonchev–Trinajstić information content (AvgIpc) is 3.11. The molecule has 6 heteroatoms. The van der Waals surface area contributed by atoms with Crippen LogP contribution in [-0.2, 0) is 16.6 Å². The Kier molecular flexibility index (Phi) is 4.39. The molecule has 1 aromatic heterocycles. The van der Waals surface area contributed by atoms with Gasteiger partial charge in [-0.25, -0.2) is 8.42 Å². The Bertz CT molecular complexity index is 1020. The molecule has 0 aliphatic carbocycles. The van der Waals surface area contributed by atoms with Gasteiger partial charge in [-0.15, -0.1) is 0 Å². The van der Waals surface area contributed by atoms with Crippen molar-refractivity contribution in [2.75, 3.05) is 6.54 Å². The first-order valence-electron chi connectivity index (χ1n) is 8.46. The molecule has 134 valence electrons. The second-order valence-corrected chi connectivity index (χ2v) is 8.84. The molecule has 1 atom stereocenters. The zero-order valence-corrected chi connectivity index (χ0v) is 15.9. The first kappa shape index (κ1) is 17.3. The Labute approximate surface area is 158 Å². The standard InChI is InChI=1S/C20H19ClN2O2S/c1-15-4-6-16(7-5-15)20-19-3-2-12-22(19)13-14-23(20)26(24,25)18-10-8-17(21)9-11-18/h2-12,20H,13-14H2,1H3. The summed E-state index contributed by atoms with van der Waals surface area (Å²) < 4.78 is 30.4. The van der Waals surface area contributed by atoms with Crippen LogP contribution in [-0.4, -0.2) is 23.8 Å². The van der Waals surface area contributed by atoms with Crippen molar-refractivity contribution in [1.82, 2.24) is 8.87 Å². The number of aromatic nitrogens is 1. The van der Waals surface area contributed by atoms with Crippen molar-refractivity contribution >= 4 is 21.6 Å². The van der Waals surface area contributed by atoms with Crippen molar-refractivity contribution in [3.63, 3.8) is 0 Å². The molecule has 3 aromatic rings. The fraction of sp³-hybridized carbons (Fsp3) is 0.200. The topological polar surface area (TPSA) is 42.3 Å². The van der Waals surface area contributed by atoms with Crippen LogP contribution in [0.4, 0.5) is 0 Å². The van der Waals surface area contributed by atoms with E-state index >= 15 is 0 Å². The number of halogens is 1. The van der Waals surface area contributed by atoms with Crippen LogP contribution in [0.15, 0.2) is 71.8 Å². The van der Waals surface area contributed by atoms with Crippen LogP contribution in [0.2, 0.25) is 5.02 Å². The minimum Gasteiger partial charge on any atom is -0.348 e. The van der Waals surface area contributed by atoms with Crippen molar-refractivity contribution in [2.24, 2.45) is 0 Å². The van der Waals surface area contributed by atoms with E-state index in [1.807, 2.05) is 49.5 Å². The third-order valence-corrected chi connectivity index (χ3v) is 6.94. The van der Waals surface area contributed by atoms with Gasteiger partial charge in [-0.3, -0.25) is 0 Å². The number of hydrogen-bond acceptors (Lipinski definition) is 2. The van der Waals surface area contributed by atoms with E-state index in [2.05, 4.69) is 4.57 Å². The third kappa shape index (κ3) is 2.96. The first-order chi connectivity index (χ1) is 12.5. The summed E-state index contributed by atoms with van der Waals surface area (Å²) >= 11 is 5.93. The SMILES string of the molecule is Cc1ccc(C2c3cccn3CCN2S(=O)(=O)c2ccc(Cl)cc2)cc1. The van der Waals surface area contributed by atoms with Crippen LogP contribution >= 0.6 is 11.6 Å². The lowest BCUT2D eigenvalue weighted by molar-refractivity contribution is 0.298. The Morgan fingerprint density at radius 2 is 1.65 bits per heavy atom. The van der Waals surface area contributed by atoms with E-state index in [1.165, 1.54) is 0 Å². The summed E-state index contributed by atoms with van der Waals surface area (Å²) in [7, 11) is -3.65. The Balaban J connectivity index is 1.83. The van der Waals surface area contributed by atoms with E-state index in [0.29, 0.717) is 18.1 Å². The molecule has 0 bridgehead atoms. The molecular weight excluding hydrogens is 368 g/mol. The first-order valence-corrected chi connectivity index (χ1v) is 10.3. The van der Waals surface area contributed by atoms with E-state index in [4.69, 9.17) is 11.6 Å². The third-order valence-electron chi connectivity index (χ3n) is 4.81. The number of nitrogens with zero attached hydrogens (tertiary/aromatic N) is 2. The zero-order chi connectivity index (χ0) is 18.3.